The van der Waals surface area contributed by atoms with Crippen LogP contribution in [0.25, 0.3) is 0 Å². The van der Waals surface area contributed by atoms with E-state index in [1.54, 1.807) is 10.9 Å². The van der Waals surface area contributed by atoms with E-state index in [4.69, 9.17) is 5.73 Å². The molecule has 2 rings (SSSR count). The fourth-order valence-electron chi connectivity index (χ4n) is 1.31. The van der Waals surface area contributed by atoms with Crippen molar-refractivity contribution in [2.75, 3.05) is 5.73 Å². The lowest BCUT2D eigenvalue weighted by Crippen LogP contribution is -1.99. The van der Waals surface area contributed by atoms with Crippen LogP contribution in [0.2, 0.25) is 0 Å². The van der Waals surface area contributed by atoms with Crippen molar-refractivity contribution >= 4 is 5.69 Å². The Morgan fingerprint density at radius 1 is 1.21 bits per heavy atom. The van der Waals surface area contributed by atoms with Crippen LogP contribution >= 0.6 is 0 Å². The maximum atomic E-state index is 5.56. The van der Waals surface area contributed by atoms with E-state index in [2.05, 4.69) is 17.1 Å². The molecule has 2 heterocycles. The van der Waals surface area contributed by atoms with Gasteiger partial charge in [0.05, 0.1) is 24.6 Å². The number of nitrogens with zero attached hydrogens (tertiary/aromatic N) is 4. The third kappa shape index (κ3) is 1.76. The molecule has 0 aliphatic heterocycles. The van der Waals surface area contributed by atoms with E-state index in [-0.39, 0.29) is 0 Å². The lowest BCUT2D eigenvalue weighted by molar-refractivity contribution is 0.654. The predicted molar refractivity (Wildman–Crippen MR) is 53.6 cm³/mol. The molecule has 0 saturated heterocycles. The van der Waals surface area contributed by atoms with E-state index in [0.29, 0.717) is 5.69 Å². The third-order valence-electron chi connectivity index (χ3n) is 2.01. The summed E-state index contributed by atoms with van der Waals surface area (Å²) < 4.78 is 3.69. The van der Waals surface area contributed by atoms with Gasteiger partial charge < -0.3 is 5.73 Å². The van der Waals surface area contributed by atoms with Crippen LogP contribution in [0, 0.1) is 0 Å². The first kappa shape index (κ1) is 8.80. The standard InChI is InChI=1S/C9H13N5/c1-2-13-5-8(3-11-13)6-14-7-9(10)4-12-14/h3-5,7H,2,6,10H2,1H3. The summed E-state index contributed by atoms with van der Waals surface area (Å²) in [5.74, 6) is 0. The molecule has 0 atom stereocenters. The minimum atomic E-state index is 0.688. The molecule has 0 fully saturated rings. The Morgan fingerprint density at radius 3 is 2.57 bits per heavy atom. The second-order valence-corrected chi connectivity index (χ2v) is 3.18. The van der Waals surface area contributed by atoms with Crippen LogP contribution in [-0.4, -0.2) is 19.6 Å². The van der Waals surface area contributed by atoms with Crippen LogP contribution in [-0.2, 0) is 13.1 Å². The fourth-order valence-corrected chi connectivity index (χ4v) is 1.31. The average molecular weight is 191 g/mol. The topological polar surface area (TPSA) is 61.7 Å². The zero-order chi connectivity index (χ0) is 9.97. The zero-order valence-electron chi connectivity index (χ0n) is 8.09. The Balaban J connectivity index is 2.10. The Labute approximate surface area is 82.1 Å². The summed E-state index contributed by atoms with van der Waals surface area (Å²) in [6.45, 7) is 3.67. The molecule has 5 heteroatoms. The van der Waals surface area contributed by atoms with Crippen LogP contribution in [0.5, 0.6) is 0 Å². The van der Waals surface area contributed by atoms with Gasteiger partial charge in [0.25, 0.3) is 0 Å². The van der Waals surface area contributed by atoms with E-state index < -0.39 is 0 Å². The highest BCUT2D eigenvalue weighted by atomic mass is 15.3. The molecule has 0 bridgehead atoms. The van der Waals surface area contributed by atoms with Crippen molar-refractivity contribution in [1.29, 1.82) is 0 Å². The van der Waals surface area contributed by atoms with Gasteiger partial charge in [0.15, 0.2) is 0 Å². The molecule has 0 unspecified atom stereocenters. The molecule has 0 aliphatic carbocycles. The number of rotatable bonds is 3. The Morgan fingerprint density at radius 2 is 2.00 bits per heavy atom. The highest BCUT2D eigenvalue weighted by molar-refractivity contribution is 5.30. The van der Waals surface area contributed by atoms with Crippen molar-refractivity contribution in [2.45, 2.75) is 20.0 Å². The van der Waals surface area contributed by atoms with Crippen molar-refractivity contribution < 1.29 is 0 Å². The molecule has 0 spiro atoms. The lowest BCUT2D eigenvalue weighted by Gasteiger charge is -1.96. The van der Waals surface area contributed by atoms with Crippen molar-refractivity contribution in [1.82, 2.24) is 19.6 Å². The van der Waals surface area contributed by atoms with Gasteiger partial charge in [-0.25, -0.2) is 0 Å². The number of anilines is 1. The first-order valence-corrected chi connectivity index (χ1v) is 4.57. The van der Waals surface area contributed by atoms with Gasteiger partial charge in [-0.1, -0.05) is 0 Å². The Hall–Kier alpha value is -1.78. The minimum absolute atomic E-state index is 0.688. The van der Waals surface area contributed by atoms with E-state index in [1.807, 2.05) is 23.3 Å². The SMILES string of the molecule is CCn1cc(Cn2cc(N)cn2)cn1. The van der Waals surface area contributed by atoms with Gasteiger partial charge in [-0.3, -0.25) is 9.36 Å². The molecule has 0 saturated carbocycles. The molecule has 0 aliphatic rings. The molecular weight excluding hydrogens is 178 g/mol. The fraction of sp³-hybridized carbons (Fsp3) is 0.333. The van der Waals surface area contributed by atoms with E-state index in [1.165, 1.54) is 0 Å². The summed E-state index contributed by atoms with van der Waals surface area (Å²) in [6, 6.07) is 0. The number of hydrogen-bond donors (Lipinski definition) is 1. The van der Waals surface area contributed by atoms with Crippen LogP contribution in [0.1, 0.15) is 12.5 Å². The van der Waals surface area contributed by atoms with E-state index in [0.717, 1.165) is 18.7 Å². The zero-order valence-corrected chi connectivity index (χ0v) is 8.09. The smallest absolute Gasteiger partial charge is 0.0719 e. The highest BCUT2D eigenvalue weighted by Crippen LogP contribution is 2.03. The predicted octanol–water partition coefficient (Wildman–Crippen LogP) is 0.730. The van der Waals surface area contributed by atoms with Crippen molar-refractivity contribution in [3.63, 3.8) is 0 Å². The number of aryl methyl sites for hydroxylation is 1. The summed E-state index contributed by atoms with van der Waals surface area (Å²) in [5.41, 5.74) is 7.38. The Kier molecular flexibility index (Phi) is 2.22. The van der Waals surface area contributed by atoms with Gasteiger partial charge in [0, 0.05) is 24.5 Å². The highest BCUT2D eigenvalue weighted by Gasteiger charge is 1.99. The lowest BCUT2D eigenvalue weighted by atomic mass is 10.4. The van der Waals surface area contributed by atoms with Gasteiger partial charge in [0.2, 0.25) is 0 Å². The first-order chi connectivity index (χ1) is 6.78. The van der Waals surface area contributed by atoms with Crippen molar-refractivity contribution in [2.24, 2.45) is 0 Å². The molecule has 14 heavy (non-hydrogen) atoms. The maximum absolute atomic E-state index is 5.56. The second-order valence-electron chi connectivity index (χ2n) is 3.18. The summed E-state index contributed by atoms with van der Waals surface area (Å²) >= 11 is 0. The molecule has 2 aromatic heterocycles. The molecule has 5 nitrogen and oxygen atoms in total. The summed E-state index contributed by atoms with van der Waals surface area (Å²) in [7, 11) is 0. The number of nitrogen functional groups attached to an aromatic ring is 1. The minimum Gasteiger partial charge on any atom is -0.396 e. The van der Waals surface area contributed by atoms with Crippen molar-refractivity contribution in [3.8, 4) is 0 Å². The first-order valence-electron chi connectivity index (χ1n) is 4.57. The molecular formula is C9H13N5. The summed E-state index contributed by atoms with van der Waals surface area (Å²) in [6.07, 6.45) is 7.31. The molecule has 0 aromatic carbocycles. The molecule has 2 aromatic rings. The van der Waals surface area contributed by atoms with Gasteiger partial charge in [0.1, 0.15) is 0 Å². The Bertz CT molecular complexity index is 414. The molecule has 2 N–H and O–H groups in total. The quantitative estimate of drug-likeness (QED) is 0.778. The van der Waals surface area contributed by atoms with Crippen LogP contribution in [0.4, 0.5) is 5.69 Å². The second kappa shape index (κ2) is 3.53. The summed E-state index contributed by atoms with van der Waals surface area (Å²) in [4.78, 5) is 0. The molecule has 0 radical (unpaired) electrons. The maximum Gasteiger partial charge on any atom is 0.0719 e. The average Bonchev–Trinajstić information content (AvgIpc) is 2.76. The molecule has 74 valence electrons. The van der Waals surface area contributed by atoms with Gasteiger partial charge in [-0.15, -0.1) is 0 Å². The van der Waals surface area contributed by atoms with Crippen LogP contribution in [0.3, 0.4) is 0 Å². The van der Waals surface area contributed by atoms with Crippen LogP contribution in [0.15, 0.2) is 24.8 Å². The van der Waals surface area contributed by atoms with E-state index >= 15 is 0 Å². The van der Waals surface area contributed by atoms with Crippen molar-refractivity contribution in [3.05, 3.63) is 30.4 Å². The third-order valence-corrected chi connectivity index (χ3v) is 2.01. The monoisotopic (exact) mass is 191 g/mol. The molecule has 0 amide bonds. The number of aromatic nitrogens is 4. The largest absolute Gasteiger partial charge is 0.396 e. The number of nitrogens with two attached hydrogens (primary N) is 1. The van der Waals surface area contributed by atoms with Gasteiger partial charge >= 0.3 is 0 Å². The van der Waals surface area contributed by atoms with Gasteiger partial charge in [-0.05, 0) is 6.92 Å². The summed E-state index contributed by atoms with van der Waals surface area (Å²) in [5, 5.41) is 8.28. The number of hydrogen-bond acceptors (Lipinski definition) is 3. The van der Waals surface area contributed by atoms with Gasteiger partial charge in [-0.2, -0.15) is 10.2 Å². The van der Waals surface area contributed by atoms with Crippen LogP contribution < -0.4 is 5.73 Å². The normalized spacial score (nSPS) is 10.6. The van der Waals surface area contributed by atoms with E-state index in [9.17, 15) is 0 Å².